The molecule has 1 N–H and O–H groups in total. The van der Waals surface area contributed by atoms with Crippen LogP contribution in [0.4, 0.5) is 0 Å². The van der Waals surface area contributed by atoms with Crippen molar-refractivity contribution in [3.05, 3.63) is 23.3 Å². The summed E-state index contributed by atoms with van der Waals surface area (Å²) in [4.78, 5) is 0. The lowest BCUT2D eigenvalue weighted by atomic mass is 9.84. The van der Waals surface area contributed by atoms with Crippen molar-refractivity contribution in [1.82, 2.24) is 0 Å². The Morgan fingerprint density at radius 2 is 2.24 bits per heavy atom. The van der Waals surface area contributed by atoms with Crippen molar-refractivity contribution < 1.29 is 9.84 Å². The van der Waals surface area contributed by atoms with E-state index in [0.29, 0.717) is 5.92 Å². The average Bonchev–Trinajstić information content (AvgIpc) is 2.89. The third-order valence-electron chi connectivity index (χ3n) is 4.08. The molecule has 1 fully saturated rings. The first kappa shape index (κ1) is 12.8. The maximum Gasteiger partial charge on any atom is 0.116 e. The van der Waals surface area contributed by atoms with Crippen LogP contribution in [0.5, 0.6) is 0 Å². The Morgan fingerprint density at radius 1 is 1.59 bits per heavy atom. The SMILES string of the molecule is CC1=CC[C@H](/C(C)=C/[C@H](O)[C@H]2OC2(C)C)CC1. The Balaban J connectivity index is 1.93. The monoisotopic (exact) mass is 236 g/mol. The summed E-state index contributed by atoms with van der Waals surface area (Å²) in [6, 6.07) is 0. The minimum Gasteiger partial charge on any atom is -0.386 e. The van der Waals surface area contributed by atoms with E-state index >= 15 is 0 Å². The van der Waals surface area contributed by atoms with E-state index in [4.69, 9.17) is 4.74 Å². The molecule has 0 amide bonds. The standard InChI is InChI=1S/C15H24O2/c1-10-5-7-12(8-6-10)11(2)9-13(16)14-15(3,4)17-14/h5,9,12-14,16H,6-8H2,1-4H3/b11-9+/t12-,13-,14+/m0/s1. The van der Waals surface area contributed by atoms with Crippen LogP contribution in [0.3, 0.4) is 0 Å². The van der Waals surface area contributed by atoms with Crippen molar-refractivity contribution in [2.45, 2.75) is 64.8 Å². The zero-order valence-electron chi connectivity index (χ0n) is 11.4. The molecule has 1 aliphatic carbocycles. The second-order valence-corrected chi connectivity index (χ2v) is 6.06. The van der Waals surface area contributed by atoms with Crippen molar-refractivity contribution in [3.63, 3.8) is 0 Å². The van der Waals surface area contributed by atoms with Crippen molar-refractivity contribution in [2.75, 3.05) is 0 Å². The van der Waals surface area contributed by atoms with E-state index in [1.807, 2.05) is 19.9 Å². The number of aliphatic hydroxyl groups is 1. The molecular formula is C15H24O2. The zero-order chi connectivity index (χ0) is 12.6. The number of hydrogen-bond acceptors (Lipinski definition) is 2. The highest BCUT2D eigenvalue weighted by Crippen LogP contribution is 2.39. The smallest absolute Gasteiger partial charge is 0.116 e. The molecule has 2 nitrogen and oxygen atoms in total. The Hall–Kier alpha value is -0.600. The highest BCUT2D eigenvalue weighted by atomic mass is 16.6. The maximum atomic E-state index is 10.1. The van der Waals surface area contributed by atoms with Crippen LogP contribution in [0.15, 0.2) is 23.3 Å². The number of epoxide rings is 1. The van der Waals surface area contributed by atoms with Crippen LogP contribution in [0.2, 0.25) is 0 Å². The lowest BCUT2D eigenvalue weighted by Gasteiger charge is -2.22. The van der Waals surface area contributed by atoms with Crippen molar-refractivity contribution in [2.24, 2.45) is 5.92 Å². The number of hydrogen-bond donors (Lipinski definition) is 1. The summed E-state index contributed by atoms with van der Waals surface area (Å²) in [5, 5.41) is 10.1. The van der Waals surface area contributed by atoms with E-state index in [1.54, 1.807) is 0 Å². The summed E-state index contributed by atoms with van der Waals surface area (Å²) in [5.41, 5.74) is 2.67. The van der Waals surface area contributed by atoms with Gasteiger partial charge in [0.05, 0.1) is 5.60 Å². The second kappa shape index (κ2) is 4.58. The molecule has 2 rings (SSSR count). The number of rotatable bonds is 3. The molecule has 1 aliphatic heterocycles. The van der Waals surface area contributed by atoms with Gasteiger partial charge in [-0.25, -0.2) is 0 Å². The fourth-order valence-electron chi connectivity index (χ4n) is 2.65. The molecule has 1 saturated heterocycles. The molecule has 17 heavy (non-hydrogen) atoms. The third kappa shape index (κ3) is 2.99. The summed E-state index contributed by atoms with van der Waals surface area (Å²) < 4.78 is 5.46. The van der Waals surface area contributed by atoms with E-state index in [0.717, 1.165) is 6.42 Å². The van der Waals surface area contributed by atoms with Gasteiger partial charge < -0.3 is 9.84 Å². The van der Waals surface area contributed by atoms with Crippen LogP contribution < -0.4 is 0 Å². The summed E-state index contributed by atoms with van der Waals surface area (Å²) >= 11 is 0. The van der Waals surface area contributed by atoms with Crippen molar-refractivity contribution in [1.29, 1.82) is 0 Å². The molecule has 0 saturated carbocycles. The first-order chi connectivity index (χ1) is 7.90. The van der Waals surface area contributed by atoms with Gasteiger partial charge in [0, 0.05) is 0 Å². The van der Waals surface area contributed by atoms with Crippen LogP contribution in [-0.4, -0.2) is 22.9 Å². The zero-order valence-corrected chi connectivity index (χ0v) is 11.4. The van der Waals surface area contributed by atoms with Gasteiger partial charge in [0.25, 0.3) is 0 Å². The Morgan fingerprint density at radius 3 is 2.71 bits per heavy atom. The van der Waals surface area contributed by atoms with Gasteiger partial charge in [-0.1, -0.05) is 23.3 Å². The van der Waals surface area contributed by atoms with Crippen LogP contribution in [0.1, 0.15) is 47.0 Å². The molecule has 3 atom stereocenters. The highest BCUT2D eigenvalue weighted by Gasteiger charge is 2.51. The van der Waals surface area contributed by atoms with Crippen molar-refractivity contribution in [3.8, 4) is 0 Å². The van der Waals surface area contributed by atoms with Crippen LogP contribution in [0.25, 0.3) is 0 Å². The van der Waals surface area contributed by atoms with Gasteiger partial charge >= 0.3 is 0 Å². The van der Waals surface area contributed by atoms with E-state index in [-0.39, 0.29) is 11.7 Å². The van der Waals surface area contributed by atoms with E-state index in [1.165, 1.54) is 24.0 Å². The van der Waals surface area contributed by atoms with Gasteiger partial charge in [-0.3, -0.25) is 0 Å². The topological polar surface area (TPSA) is 32.8 Å². The quantitative estimate of drug-likeness (QED) is 0.603. The van der Waals surface area contributed by atoms with Gasteiger partial charge in [0.15, 0.2) is 0 Å². The largest absolute Gasteiger partial charge is 0.386 e. The molecule has 2 heteroatoms. The van der Waals surface area contributed by atoms with E-state index in [9.17, 15) is 5.11 Å². The van der Waals surface area contributed by atoms with Crippen LogP contribution in [-0.2, 0) is 4.74 Å². The highest BCUT2D eigenvalue weighted by molar-refractivity contribution is 5.17. The summed E-state index contributed by atoms with van der Waals surface area (Å²) in [7, 11) is 0. The number of aliphatic hydroxyl groups excluding tert-OH is 1. The normalized spacial score (nSPS) is 34.2. The molecule has 1 heterocycles. The summed E-state index contributed by atoms with van der Waals surface area (Å²) in [6.45, 7) is 8.38. The summed E-state index contributed by atoms with van der Waals surface area (Å²) in [6.07, 6.45) is 7.39. The number of ether oxygens (including phenoxy) is 1. The first-order valence-corrected chi connectivity index (χ1v) is 6.60. The Labute approximate surface area is 104 Å². The van der Waals surface area contributed by atoms with Gasteiger partial charge in [0.2, 0.25) is 0 Å². The minimum atomic E-state index is -0.447. The molecule has 96 valence electrons. The molecule has 0 aromatic rings. The molecule has 0 bridgehead atoms. The van der Waals surface area contributed by atoms with Crippen LogP contribution >= 0.6 is 0 Å². The molecule has 0 aromatic heterocycles. The fourth-order valence-corrected chi connectivity index (χ4v) is 2.65. The molecule has 2 aliphatic rings. The molecule has 0 aromatic carbocycles. The fraction of sp³-hybridized carbons (Fsp3) is 0.733. The number of allylic oxidation sites excluding steroid dienone is 3. The predicted molar refractivity (Wildman–Crippen MR) is 69.8 cm³/mol. The lowest BCUT2D eigenvalue weighted by Crippen LogP contribution is -2.19. The molecule has 0 spiro atoms. The Kier molecular flexibility index (Phi) is 3.46. The first-order valence-electron chi connectivity index (χ1n) is 6.60. The lowest BCUT2D eigenvalue weighted by molar-refractivity contribution is 0.175. The van der Waals surface area contributed by atoms with Gasteiger partial charge in [-0.15, -0.1) is 0 Å². The summed E-state index contributed by atoms with van der Waals surface area (Å²) in [5.74, 6) is 0.607. The average molecular weight is 236 g/mol. The van der Waals surface area contributed by atoms with Crippen molar-refractivity contribution >= 4 is 0 Å². The predicted octanol–water partition coefficient (Wildman–Crippen LogP) is 3.22. The molecule has 0 radical (unpaired) electrons. The maximum absolute atomic E-state index is 10.1. The third-order valence-corrected chi connectivity index (χ3v) is 4.08. The molecular weight excluding hydrogens is 212 g/mol. The van der Waals surface area contributed by atoms with Gasteiger partial charge in [-0.2, -0.15) is 0 Å². The molecule has 0 unspecified atom stereocenters. The van der Waals surface area contributed by atoms with E-state index in [2.05, 4.69) is 19.9 Å². The second-order valence-electron chi connectivity index (χ2n) is 6.06. The van der Waals surface area contributed by atoms with Crippen LogP contribution in [0, 0.1) is 5.92 Å². The minimum absolute atomic E-state index is 0.0154. The van der Waals surface area contributed by atoms with Gasteiger partial charge in [-0.05, 0) is 52.9 Å². The van der Waals surface area contributed by atoms with E-state index < -0.39 is 6.10 Å². The van der Waals surface area contributed by atoms with Gasteiger partial charge in [0.1, 0.15) is 12.2 Å². The Bertz CT molecular complexity index is 352.